The number of rotatable bonds is 5. The first-order valence-electron chi connectivity index (χ1n) is 6.03. The number of hydrogen-bond acceptors (Lipinski definition) is 6. The van der Waals surface area contributed by atoms with Gasteiger partial charge in [0.25, 0.3) is 0 Å². The molecule has 1 heterocycles. The highest BCUT2D eigenvalue weighted by atomic mass is 16.7. The lowest BCUT2D eigenvalue weighted by atomic mass is 9.79. The second-order valence-electron chi connectivity index (χ2n) is 4.26. The third-order valence-corrected chi connectivity index (χ3v) is 2.73. The van der Waals surface area contributed by atoms with Crippen LogP contribution in [0.15, 0.2) is 30.5 Å². The number of hydrogen-bond donors (Lipinski definition) is 2. The van der Waals surface area contributed by atoms with Crippen molar-refractivity contribution in [1.82, 2.24) is 10.2 Å². The zero-order chi connectivity index (χ0) is 14.5. The quantitative estimate of drug-likeness (QED) is 0.595. The van der Waals surface area contributed by atoms with Gasteiger partial charge in [0.1, 0.15) is 5.75 Å². The Kier molecular flexibility index (Phi) is 4.68. The van der Waals surface area contributed by atoms with Gasteiger partial charge in [0.15, 0.2) is 6.79 Å². The van der Waals surface area contributed by atoms with Gasteiger partial charge in [-0.1, -0.05) is 12.1 Å². The lowest BCUT2D eigenvalue weighted by Gasteiger charge is -2.12. The van der Waals surface area contributed by atoms with Crippen LogP contribution in [0.25, 0.3) is 11.1 Å². The third kappa shape index (κ3) is 3.33. The predicted octanol–water partition coefficient (Wildman–Crippen LogP) is 0.115. The van der Waals surface area contributed by atoms with Gasteiger partial charge in [-0.25, -0.2) is 0 Å². The van der Waals surface area contributed by atoms with E-state index in [0.717, 1.165) is 16.8 Å². The summed E-state index contributed by atoms with van der Waals surface area (Å²) in [6, 6.07) is 6.97. The van der Waals surface area contributed by atoms with Crippen LogP contribution in [0.2, 0.25) is 0 Å². The average Bonchev–Trinajstić information content (AvgIpc) is 2.44. The highest BCUT2D eigenvalue weighted by Crippen LogP contribution is 2.22. The summed E-state index contributed by atoms with van der Waals surface area (Å²) in [6.45, 7) is 1.88. The number of nitrogens with zero attached hydrogens (tertiary/aromatic N) is 2. The molecule has 1 aromatic carbocycles. The van der Waals surface area contributed by atoms with E-state index in [4.69, 9.17) is 9.47 Å². The monoisotopic (exact) mass is 274 g/mol. The summed E-state index contributed by atoms with van der Waals surface area (Å²) >= 11 is 0. The number of benzene rings is 1. The minimum atomic E-state index is -1.60. The highest BCUT2D eigenvalue weighted by Gasteiger charge is 2.18. The Morgan fingerprint density at radius 2 is 2.00 bits per heavy atom. The van der Waals surface area contributed by atoms with Crippen LogP contribution in [-0.4, -0.2) is 41.3 Å². The fourth-order valence-corrected chi connectivity index (χ4v) is 1.81. The summed E-state index contributed by atoms with van der Waals surface area (Å²) in [7, 11) is -0.108. The molecule has 7 heteroatoms. The minimum Gasteiger partial charge on any atom is -0.468 e. The first kappa shape index (κ1) is 14.5. The maximum absolute atomic E-state index is 9.32. The highest BCUT2D eigenvalue weighted by molar-refractivity contribution is 6.59. The van der Waals surface area contributed by atoms with E-state index in [1.54, 1.807) is 24.4 Å². The molecule has 0 radical (unpaired) electrons. The van der Waals surface area contributed by atoms with E-state index in [-0.39, 0.29) is 12.3 Å². The van der Waals surface area contributed by atoms with Crippen molar-refractivity contribution in [2.75, 3.05) is 13.9 Å². The molecule has 0 atom stereocenters. The van der Waals surface area contributed by atoms with Crippen LogP contribution in [0.3, 0.4) is 0 Å². The normalized spacial score (nSPS) is 10.4. The topological polar surface area (TPSA) is 84.7 Å². The van der Waals surface area contributed by atoms with Gasteiger partial charge in [-0.2, -0.15) is 10.2 Å². The van der Waals surface area contributed by atoms with Gasteiger partial charge < -0.3 is 19.5 Å². The smallest absolute Gasteiger partial charge is 0.468 e. The van der Waals surface area contributed by atoms with Crippen molar-refractivity contribution in [1.29, 1.82) is 0 Å². The average molecular weight is 274 g/mol. The second kappa shape index (κ2) is 6.47. The molecule has 2 aromatic rings. The Hall–Kier alpha value is -1.96. The molecule has 2 N–H and O–H groups in total. The second-order valence-corrected chi connectivity index (χ2v) is 4.26. The molecule has 104 valence electrons. The number of aryl methyl sites for hydroxylation is 1. The Morgan fingerprint density at radius 1 is 1.20 bits per heavy atom. The zero-order valence-electron chi connectivity index (χ0n) is 11.3. The SMILES string of the molecule is COCOc1cc(-c2cnnc(C)c2)ccc1B(O)O. The Bertz CT molecular complexity index is 592. The van der Waals surface area contributed by atoms with Crippen LogP contribution < -0.4 is 10.2 Å². The largest absolute Gasteiger partial charge is 0.492 e. The molecular weight excluding hydrogens is 259 g/mol. The Balaban J connectivity index is 2.40. The van der Waals surface area contributed by atoms with Crippen LogP contribution in [0, 0.1) is 6.92 Å². The van der Waals surface area contributed by atoms with Gasteiger partial charge in [-0.15, -0.1) is 0 Å². The van der Waals surface area contributed by atoms with Crippen molar-refractivity contribution in [3.05, 3.63) is 36.2 Å². The van der Waals surface area contributed by atoms with Crippen molar-refractivity contribution in [2.24, 2.45) is 0 Å². The van der Waals surface area contributed by atoms with Gasteiger partial charge in [0, 0.05) is 18.1 Å². The molecule has 0 saturated heterocycles. The van der Waals surface area contributed by atoms with Crippen molar-refractivity contribution in [3.8, 4) is 16.9 Å². The molecule has 0 spiro atoms. The number of ether oxygens (including phenoxy) is 2. The van der Waals surface area contributed by atoms with Gasteiger partial charge in [0.05, 0.1) is 11.9 Å². The zero-order valence-corrected chi connectivity index (χ0v) is 11.3. The van der Waals surface area contributed by atoms with E-state index in [1.165, 1.54) is 7.11 Å². The molecule has 0 aliphatic heterocycles. The lowest BCUT2D eigenvalue weighted by molar-refractivity contribution is 0.0517. The first-order chi connectivity index (χ1) is 9.61. The van der Waals surface area contributed by atoms with Gasteiger partial charge in [-0.05, 0) is 24.6 Å². The van der Waals surface area contributed by atoms with Crippen LogP contribution in [0.5, 0.6) is 5.75 Å². The molecule has 0 aliphatic rings. The summed E-state index contributed by atoms with van der Waals surface area (Å²) in [6.07, 6.45) is 1.64. The van der Waals surface area contributed by atoms with Crippen LogP contribution in [-0.2, 0) is 4.74 Å². The predicted molar refractivity (Wildman–Crippen MR) is 74.5 cm³/mol. The Labute approximate surface area is 117 Å². The molecule has 1 aromatic heterocycles. The Morgan fingerprint density at radius 3 is 2.65 bits per heavy atom. The van der Waals surface area contributed by atoms with E-state index >= 15 is 0 Å². The van der Waals surface area contributed by atoms with Gasteiger partial charge in [-0.3, -0.25) is 0 Å². The minimum absolute atomic E-state index is 0.0246. The number of aromatic nitrogens is 2. The molecule has 0 aliphatic carbocycles. The van der Waals surface area contributed by atoms with E-state index in [2.05, 4.69) is 10.2 Å². The summed E-state index contributed by atoms with van der Waals surface area (Å²) in [5.74, 6) is 0.355. The van der Waals surface area contributed by atoms with Crippen molar-refractivity contribution >= 4 is 12.6 Å². The van der Waals surface area contributed by atoms with Crippen molar-refractivity contribution in [3.63, 3.8) is 0 Å². The molecule has 0 fully saturated rings. The van der Waals surface area contributed by atoms with E-state index in [1.807, 2.05) is 13.0 Å². The van der Waals surface area contributed by atoms with E-state index in [9.17, 15) is 10.0 Å². The summed E-state index contributed by atoms with van der Waals surface area (Å²) < 4.78 is 10.2. The maximum atomic E-state index is 9.32. The van der Waals surface area contributed by atoms with Crippen LogP contribution in [0.1, 0.15) is 5.69 Å². The fraction of sp³-hybridized carbons (Fsp3) is 0.231. The maximum Gasteiger partial charge on any atom is 0.492 e. The van der Waals surface area contributed by atoms with Crippen LogP contribution in [0.4, 0.5) is 0 Å². The van der Waals surface area contributed by atoms with E-state index in [0.29, 0.717) is 5.75 Å². The van der Waals surface area contributed by atoms with Crippen molar-refractivity contribution < 1.29 is 19.5 Å². The summed E-state index contributed by atoms with van der Waals surface area (Å²) in [5.41, 5.74) is 2.80. The van der Waals surface area contributed by atoms with Crippen molar-refractivity contribution in [2.45, 2.75) is 6.92 Å². The lowest BCUT2D eigenvalue weighted by Crippen LogP contribution is -2.31. The van der Waals surface area contributed by atoms with E-state index < -0.39 is 7.12 Å². The summed E-state index contributed by atoms with van der Waals surface area (Å²) in [4.78, 5) is 0. The third-order valence-electron chi connectivity index (χ3n) is 2.73. The molecule has 0 bridgehead atoms. The van der Waals surface area contributed by atoms with Gasteiger partial charge in [0.2, 0.25) is 0 Å². The molecule has 0 unspecified atom stereocenters. The molecule has 0 saturated carbocycles. The fourth-order valence-electron chi connectivity index (χ4n) is 1.81. The molecule has 2 rings (SSSR count). The molecule has 0 amide bonds. The molecule has 20 heavy (non-hydrogen) atoms. The van der Waals surface area contributed by atoms with Crippen LogP contribution >= 0.6 is 0 Å². The molecular formula is C13H15BN2O4. The summed E-state index contributed by atoms with van der Waals surface area (Å²) in [5, 5.41) is 26.4. The first-order valence-corrected chi connectivity index (χ1v) is 6.03. The van der Waals surface area contributed by atoms with Gasteiger partial charge >= 0.3 is 7.12 Å². The standard InChI is InChI=1S/C13H15BN2O4/c1-9-5-11(7-15-16-9)10-3-4-12(14(17)18)13(6-10)20-8-19-2/h3-7,17-18H,8H2,1-2H3. The number of methoxy groups -OCH3 is 1. The molecule has 6 nitrogen and oxygen atoms in total.